The molecule has 2 aromatic rings. The second kappa shape index (κ2) is 8.81. The van der Waals surface area contributed by atoms with Crippen LogP contribution in [0.15, 0.2) is 47.4 Å². The third-order valence-corrected chi connectivity index (χ3v) is 5.22. The lowest BCUT2D eigenvalue weighted by atomic mass is 9.96. The number of hydrogen-bond acceptors (Lipinski definition) is 4. The minimum absolute atomic E-state index is 0.00520. The number of pyridine rings is 1. The van der Waals surface area contributed by atoms with Crippen molar-refractivity contribution >= 4 is 21.4 Å². The molecule has 0 radical (unpaired) electrons. The van der Waals surface area contributed by atoms with E-state index in [4.69, 9.17) is 0 Å². The van der Waals surface area contributed by atoms with E-state index in [1.54, 1.807) is 6.92 Å². The molecule has 0 aliphatic carbocycles. The summed E-state index contributed by atoms with van der Waals surface area (Å²) in [4.78, 5) is 24.6. The van der Waals surface area contributed by atoms with Crippen LogP contribution in [0.25, 0.3) is 0 Å². The van der Waals surface area contributed by atoms with Crippen LogP contribution in [0.5, 0.6) is 0 Å². The summed E-state index contributed by atoms with van der Waals surface area (Å²) in [5.41, 5.74) is -0.735. The van der Waals surface area contributed by atoms with Gasteiger partial charge in [0.25, 0.3) is 5.56 Å². The van der Waals surface area contributed by atoms with Crippen molar-refractivity contribution in [2.75, 3.05) is 17.3 Å². The summed E-state index contributed by atoms with van der Waals surface area (Å²) in [6.07, 6.45) is -1.98. The zero-order chi connectivity index (χ0) is 21.8. The number of carbonyl (C=O) groups excluding carboxylic acids is 1. The molecule has 1 aromatic heterocycles. The lowest BCUT2D eigenvalue weighted by molar-refractivity contribution is -0.137. The van der Waals surface area contributed by atoms with Gasteiger partial charge in [-0.1, -0.05) is 19.1 Å². The molecule has 0 aliphatic rings. The minimum Gasteiger partial charge on any atom is -0.321 e. The van der Waals surface area contributed by atoms with E-state index >= 15 is 0 Å². The number of rotatable bonds is 7. The minimum atomic E-state index is -4.43. The molecular weight excluding hydrogens is 409 g/mol. The average Bonchev–Trinajstić information content (AvgIpc) is 2.61. The predicted molar refractivity (Wildman–Crippen MR) is 104 cm³/mol. The van der Waals surface area contributed by atoms with Crippen LogP contribution in [-0.4, -0.2) is 30.9 Å². The van der Waals surface area contributed by atoms with E-state index in [1.807, 2.05) is 0 Å². The standard InChI is InChI=1S/C19H21F3N2O4S/c1-13(14-5-7-15(8-6-14)19(20,21)22)12-17(25)23-16-4-3-9-24(18(16)26)10-11-29(2,27)28/h3-9,13H,10-12H2,1-2H3,(H,23,25). The second-order valence-corrected chi connectivity index (χ2v) is 9.08. The van der Waals surface area contributed by atoms with Crippen molar-refractivity contribution in [3.8, 4) is 0 Å². The van der Waals surface area contributed by atoms with Crippen molar-refractivity contribution < 1.29 is 26.4 Å². The number of halogens is 3. The maximum Gasteiger partial charge on any atom is 0.416 e. The first-order valence-corrected chi connectivity index (χ1v) is 10.8. The highest BCUT2D eigenvalue weighted by atomic mass is 32.2. The van der Waals surface area contributed by atoms with Crippen LogP contribution in [0.3, 0.4) is 0 Å². The van der Waals surface area contributed by atoms with Gasteiger partial charge in [-0.15, -0.1) is 0 Å². The molecule has 0 fully saturated rings. The van der Waals surface area contributed by atoms with Gasteiger partial charge in [0.2, 0.25) is 5.91 Å². The molecule has 158 valence electrons. The molecule has 0 saturated heterocycles. The molecular formula is C19H21F3N2O4S. The van der Waals surface area contributed by atoms with Crippen LogP contribution >= 0.6 is 0 Å². The van der Waals surface area contributed by atoms with Gasteiger partial charge < -0.3 is 9.88 Å². The lowest BCUT2D eigenvalue weighted by Gasteiger charge is -2.14. The van der Waals surface area contributed by atoms with Crippen molar-refractivity contribution in [3.63, 3.8) is 0 Å². The first kappa shape index (κ1) is 22.7. The van der Waals surface area contributed by atoms with E-state index in [2.05, 4.69) is 5.32 Å². The second-order valence-electron chi connectivity index (χ2n) is 6.82. The SMILES string of the molecule is CC(CC(=O)Nc1cccn(CCS(C)(=O)=O)c1=O)c1ccc(C(F)(F)F)cc1. The molecule has 2 rings (SSSR count). The fourth-order valence-corrected chi connectivity index (χ4v) is 3.20. The highest BCUT2D eigenvalue weighted by molar-refractivity contribution is 7.90. The first-order valence-electron chi connectivity index (χ1n) is 8.71. The summed E-state index contributed by atoms with van der Waals surface area (Å²) >= 11 is 0. The van der Waals surface area contributed by atoms with Gasteiger partial charge in [-0.3, -0.25) is 9.59 Å². The Bertz CT molecular complexity index is 1030. The highest BCUT2D eigenvalue weighted by Crippen LogP contribution is 2.30. The van der Waals surface area contributed by atoms with Crippen LogP contribution in [0.2, 0.25) is 0 Å². The van der Waals surface area contributed by atoms with Gasteiger partial charge >= 0.3 is 6.18 Å². The third-order valence-electron chi connectivity index (χ3n) is 4.30. The Balaban J connectivity index is 2.04. The number of alkyl halides is 3. The Hall–Kier alpha value is -2.62. The molecule has 1 heterocycles. The Kier molecular flexibility index (Phi) is 6.89. The molecule has 0 bridgehead atoms. The average molecular weight is 430 g/mol. The number of aryl methyl sites for hydroxylation is 1. The molecule has 0 saturated carbocycles. The maximum absolute atomic E-state index is 12.6. The van der Waals surface area contributed by atoms with Gasteiger partial charge in [0.1, 0.15) is 15.5 Å². The Labute approximate surface area is 166 Å². The fourth-order valence-electron chi connectivity index (χ4n) is 2.67. The summed E-state index contributed by atoms with van der Waals surface area (Å²) in [7, 11) is -3.25. The van der Waals surface area contributed by atoms with Gasteiger partial charge in [0.05, 0.1) is 11.3 Å². The van der Waals surface area contributed by atoms with Gasteiger partial charge in [0, 0.05) is 25.4 Å². The highest BCUT2D eigenvalue weighted by Gasteiger charge is 2.30. The van der Waals surface area contributed by atoms with Crippen LogP contribution in [0.1, 0.15) is 30.4 Å². The summed E-state index contributed by atoms with van der Waals surface area (Å²) in [5.74, 6) is -1.06. The molecule has 29 heavy (non-hydrogen) atoms. The number of benzene rings is 1. The van der Waals surface area contributed by atoms with Crippen LogP contribution in [0.4, 0.5) is 18.9 Å². The van der Waals surface area contributed by atoms with Crippen molar-refractivity contribution in [3.05, 3.63) is 64.1 Å². The van der Waals surface area contributed by atoms with E-state index in [0.717, 1.165) is 18.4 Å². The smallest absolute Gasteiger partial charge is 0.321 e. The summed E-state index contributed by atoms with van der Waals surface area (Å²) in [5, 5.41) is 2.48. The molecule has 0 spiro atoms. The lowest BCUT2D eigenvalue weighted by Crippen LogP contribution is -2.27. The topological polar surface area (TPSA) is 85.2 Å². The summed E-state index contributed by atoms with van der Waals surface area (Å²) in [6, 6.07) is 7.48. The Morgan fingerprint density at radius 2 is 1.79 bits per heavy atom. The molecule has 1 amide bonds. The quantitative estimate of drug-likeness (QED) is 0.732. The van der Waals surface area contributed by atoms with E-state index in [-0.39, 0.29) is 30.3 Å². The normalized spacial score (nSPS) is 13.1. The van der Waals surface area contributed by atoms with Crippen LogP contribution in [-0.2, 0) is 27.4 Å². The monoisotopic (exact) mass is 430 g/mol. The molecule has 1 unspecified atom stereocenters. The molecule has 1 atom stereocenters. The Morgan fingerprint density at radius 1 is 1.17 bits per heavy atom. The van der Waals surface area contributed by atoms with Crippen molar-refractivity contribution in [2.45, 2.75) is 32.0 Å². The van der Waals surface area contributed by atoms with E-state index in [1.165, 1.54) is 35.0 Å². The van der Waals surface area contributed by atoms with Crippen molar-refractivity contribution in [1.29, 1.82) is 0 Å². The van der Waals surface area contributed by atoms with Crippen molar-refractivity contribution in [2.24, 2.45) is 0 Å². The number of nitrogens with one attached hydrogen (secondary N) is 1. The Morgan fingerprint density at radius 3 is 2.34 bits per heavy atom. The zero-order valence-corrected chi connectivity index (χ0v) is 16.7. The zero-order valence-electron chi connectivity index (χ0n) is 15.9. The van der Waals surface area contributed by atoms with Gasteiger partial charge in [-0.05, 0) is 35.7 Å². The van der Waals surface area contributed by atoms with Gasteiger partial charge in [-0.25, -0.2) is 8.42 Å². The number of hydrogen-bond donors (Lipinski definition) is 1. The number of sulfone groups is 1. The first-order chi connectivity index (χ1) is 13.4. The number of aromatic nitrogens is 1. The molecule has 1 N–H and O–H groups in total. The van der Waals surface area contributed by atoms with E-state index in [9.17, 15) is 31.2 Å². The number of amides is 1. The molecule has 1 aromatic carbocycles. The third kappa shape index (κ3) is 6.74. The van der Waals surface area contributed by atoms with Crippen LogP contribution < -0.4 is 10.9 Å². The predicted octanol–water partition coefficient (Wildman–Crippen LogP) is 3.04. The number of anilines is 1. The summed E-state index contributed by atoms with van der Waals surface area (Å²) < 4.78 is 61.6. The van der Waals surface area contributed by atoms with E-state index < -0.39 is 33.0 Å². The maximum atomic E-state index is 12.6. The van der Waals surface area contributed by atoms with E-state index in [0.29, 0.717) is 5.56 Å². The van der Waals surface area contributed by atoms with Crippen LogP contribution in [0, 0.1) is 0 Å². The van der Waals surface area contributed by atoms with Gasteiger partial charge in [-0.2, -0.15) is 13.2 Å². The van der Waals surface area contributed by atoms with Crippen molar-refractivity contribution in [1.82, 2.24) is 4.57 Å². The number of nitrogens with zero attached hydrogens (tertiary/aromatic N) is 1. The largest absolute Gasteiger partial charge is 0.416 e. The molecule has 6 nitrogen and oxygen atoms in total. The van der Waals surface area contributed by atoms with Gasteiger partial charge in [0.15, 0.2) is 0 Å². The molecule has 0 aliphatic heterocycles. The number of carbonyl (C=O) groups is 1. The molecule has 10 heteroatoms. The fraction of sp³-hybridized carbons (Fsp3) is 0.368. The summed E-state index contributed by atoms with van der Waals surface area (Å²) in [6.45, 7) is 1.65.